The third-order valence-electron chi connectivity index (χ3n) is 1.65. The predicted octanol–water partition coefficient (Wildman–Crippen LogP) is 2.49. The summed E-state index contributed by atoms with van der Waals surface area (Å²) in [4.78, 5) is 12.5. The molecule has 0 heterocycles. The van der Waals surface area contributed by atoms with Crippen molar-refractivity contribution < 1.29 is 9.53 Å². The van der Waals surface area contributed by atoms with E-state index in [-0.39, 0.29) is 6.09 Å². The van der Waals surface area contributed by atoms with E-state index in [2.05, 4.69) is 0 Å². The molecule has 0 saturated carbocycles. The summed E-state index contributed by atoms with van der Waals surface area (Å²) in [5.41, 5.74) is 0.997. The minimum atomic E-state index is -0.386. The van der Waals surface area contributed by atoms with Crippen LogP contribution in [0.25, 0.3) is 0 Å². The van der Waals surface area contributed by atoms with Crippen LogP contribution in [0.4, 0.5) is 4.79 Å². The van der Waals surface area contributed by atoms with E-state index in [0.717, 1.165) is 5.56 Å². The number of halogens is 1. The van der Waals surface area contributed by atoms with Crippen LogP contribution in [0, 0.1) is 0 Å². The Morgan fingerprint density at radius 1 is 1.36 bits per heavy atom. The molecule has 1 amide bonds. The maximum atomic E-state index is 11.1. The molecule has 14 heavy (non-hydrogen) atoms. The van der Waals surface area contributed by atoms with Gasteiger partial charge in [0.05, 0.1) is 0 Å². The molecule has 0 spiro atoms. The summed E-state index contributed by atoms with van der Waals surface area (Å²) in [6, 6.07) is 7.09. The van der Waals surface area contributed by atoms with Gasteiger partial charge in [0.1, 0.15) is 5.75 Å². The number of hydrogen-bond acceptors (Lipinski definition) is 2. The van der Waals surface area contributed by atoms with Crippen molar-refractivity contribution >= 4 is 17.7 Å². The van der Waals surface area contributed by atoms with E-state index in [0.29, 0.717) is 11.6 Å². The van der Waals surface area contributed by atoms with Crippen molar-refractivity contribution in [3.05, 3.63) is 29.8 Å². The standard InChI is InChI=1S/C10H12ClNO2/c1-12(2)10(13)14-9-5-3-8(7-11)4-6-9/h3-6H,7H2,1-2H3. The largest absolute Gasteiger partial charge is 0.414 e. The number of hydrogen-bond donors (Lipinski definition) is 0. The summed E-state index contributed by atoms with van der Waals surface area (Å²) >= 11 is 5.62. The normalized spacial score (nSPS) is 9.64. The lowest BCUT2D eigenvalue weighted by Gasteiger charge is -2.10. The van der Waals surface area contributed by atoms with Crippen LogP contribution in [-0.4, -0.2) is 25.1 Å². The number of benzene rings is 1. The third kappa shape index (κ3) is 2.92. The Labute approximate surface area is 88.2 Å². The van der Waals surface area contributed by atoms with E-state index in [1.165, 1.54) is 4.90 Å². The highest BCUT2D eigenvalue weighted by atomic mass is 35.5. The van der Waals surface area contributed by atoms with E-state index in [4.69, 9.17) is 16.3 Å². The van der Waals surface area contributed by atoms with Crippen molar-refractivity contribution in [3.8, 4) is 5.75 Å². The fraction of sp³-hybridized carbons (Fsp3) is 0.300. The fourth-order valence-corrected chi connectivity index (χ4v) is 1.02. The number of rotatable bonds is 2. The summed E-state index contributed by atoms with van der Waals surface area (Å²) in [6.45, 7) is 0. The highest BCUT2D eigenvalue weighted by Crippen LogP contribution is 2.13. The molecule has 0 aliphatic heterocycles. The van der Waals surface area contributed by atoms with Crippen LogP contribution in [0.3, 0.4) is 0 Å². The zero-order valence-electron chi connectivity index (χ0n) is 8.16. The summed E-state index contributed by atoms with van der Waals surface area (Å²) in [5.74, 6) is 0.986. The lowest BCUT2D eigenvalue weighted by molar-refractivity contribution is 0.172. The van der Waals surface area contributed by atoms with Gasteiger partial charge in [-0.3, -0.25) is 0 Å². The van der Waals surface area contributed by atoms with Crippen LogP contribution in [0.15, 0.2) is 24.3 Å². The van der Waals surface area contributed by atoms with Crippen molar-refractivity contribution in [2.45, 2.75) is 5.88 Å². The molecule has 1 aromatic carbocycles. The number of alkyl halides is 1. The molecule has 0 radical (unpaired) electrons. The van der Waals surface area contributed by atoms with E-state index in [9.17, 15) is 4.79 Å². The summed E-state index contributed by atoms with van der Waals surface area (Å²) in [5, 5.41) is 0. The first-order valence-electron chi connectivity index (χ1n) is 4.17. The first-order valence-corrected chi connectivity index (χ1v) is 4.71. The van der Waals surface area contributed by atoms with Crippen LogP contribution in [0.1, 0.15) is 5.56 Å². The van der Waals surface area contributed by atoms with Gasteiger partial charge in [0.2, 0.25) is 0 Å². The molecule has 0 aliphatic carbocycles. The maximum absolute atomic E-state index is 11.1. The van der Waals surface area contributed by atoms with Crippen LogP contribution < -0.4 is 4.74 Å². The van der Waals surface area contributed by atoms with E-state index < -0.39 is 0 Å². The van der Waals surface area contributed by atoms with E-state index in [1.807, 2.05) is 12.1 Å². The molecule has 1 rings (SSSR count). The van der Waals surface area contributed by atoms with Crippen molar-refractivity contribution in [1.82, 2.24) is 4.90 Å². The third-order valence-corrected chi connectivity index (χ3v) is 1.96. The summed E-state index contributed by atoms with van der Waals surface area (Å²) in [6.07, 6.45) is -0.386. The van der Waals surface area contributed by atoms with Gasteiger partial charge in [-0.25, -0.2) is 4.79 Å². The minimum absolute atomic E-state index is 0.386. The average molecular weight is 214 g/mol. The van der Waals surface area contributed by atoms with Crippen molar-refractivity contribution in [3.63, 3.8) is 0 Å². The fourth-order valence-electron chi connectivity index (χ4n) is 0.839. The molecule has 0 unspecified atom stereocenters. The second kappa shape index (κ2) is 4.86. The topological polar surface area (TPSA) is 29.5 Å². The second-order valence-corrected chi connectivity index (χ2v) is 3.31. The number of carbonyl (C=O) groups excluding carboxylic acids is 1. The number of amides is 1. The predicted molar refractivity (Wildman–Crippen MR) is 55.7 cm³/mol. The molecular weight excluding hydrogens is 202 g/mol. The lowest BCUT2D eigenvalue weighted by atomic mass is 10.2. The quantitative estimate of drug-likeness (QED) is 0.707. The van der Waals surface area contributed by atoms with Gasteiger partial charge in [-0.1, -0.05) is 12.1 Å². The van der Waals surface area contributed by atoms with Gasteiger partial charge in [-0.15, -0.1) is 11.6 Å². The Kier molecular flexibility index (Phi) is 3.77. The second-order valence-electron chi connectivity index (χ2n) is 3.04. The molecule has 0 saturated heterocycles. The monoisotopic (exact) mass is 213 g/mol. The summed E-state index contributed by atoms with van der Waals surface area (Å²) in [7, 11) is 3.27. The Balaban J connectivity index is 2.64. The Morgan fingerprint density at radius 2 is 1.93 bits per heavy atom. The van der Waals surface area contributed by atoms with Gasteiger partial charge in [-0.2, -0.15) is 0 Å². The van der Waals surface area contributed by atoms with Gasteiger partial charge < -0.3 is 9.64 Å². The average Bonchev–Trinajstić information content (AvgIpc) is 2.19. The van der Waals surface area contributed by atoms with Gasteiger partial charge in [0.25, 0.3) is 0 Å². The number of carbonyl (C=O) groups is 1. The van der Waals surface area contributed by atoms with E-state index in [1.54, 1.807) is 26.2 Å². The summed E-state index contributed by atoms with van der Waals surface area (Å²) < 4.78 is 5.02. The van der Waals surface area contributed by atoms with Crippen molar-refractivity contribution in [2.75, 3.05) is 14.1 Å². The molecular formula is C10H12ClNO2. The first-order chi connectivity index (χ1) is 6.63. The Morgan fingerprint density at radius 3 is 2.36 bits per heavy atom. The highest BCUT2D eigenvalue weighted by molar-refractivity contribution is 6.17. The van der Waals surface area contributed by atoms with Crippen molar-refractivity contribution in [1.29, 1.82) is 0 Å². The first kappa shape index (κ1) is 10.9. The van der Waals surface area contributed by atoms with Gasteiger partial charge in [0.15, 0.2) is 0 Å². The molecule has 76 valence electrons. The zero-order chi connectivity index (χ0) is 10.6. The minimum Gasteiger partial charge on any atom is -0.410 e. The van der Waals surface area contributed by atoms with Gasteiger partial charge in [0, 0.05) is 20.0 Å². The van der Waals surface area contributed by atoms with E-state index >= 15 is 0 Å². The van der Waals surface area contributed by atoms with Crippen molar-refractivity contribution in [2.24, 2.45) is 0 Å². The van der Waals surface area contributed by atoms with Crippen LogP contribution >= 0.6 is 11.6 Å². The number of ether oxygens (including phenoxy) is 1. The highest BCUT2D eigenvalue weighted by Gasteiger charge is 2.05. The molecule has 1 aromatic rings. The molecule has 0 bridgehead atoms. The lowest BCUT2D eigenvalue weighted by Crippen LogP contribution is -2.25. The van der Waals surface area contributed by atoms with Crippen LogP contribution in [0.2, 0.25) is 0 Å². The Bertz CT molecular complexity index is 308. The number of nitrogens with zero attached hydrogens (tertiary/aromatic N) is 1. The van der Waals surface area contributed by atoms with Gasteiger partial charge >= 0.3 is 6.09 Å². The zero-order valence-corrected chi connectivity index (χ0v) is 8.91. The molecule has 0 fully saturated rings. The smallest absolute Gasteiger partial charge is 0.410 e. The molecule has 0 aromatic heterocycles. The molecule has 4 heteroatoms. The molecule has 0 aliphatic rings. The molecule has 3 nitrogen and oxygen atoms in total. The van der Waals surface area contributed by atoms with Gasteiger partial charge in [-0.05, 0) is 17.7 Å². The van der Waals surface area contributed by atoms with Crippen LogP contribution in [-0.2, 0) is 5.88 Å². The van der Waals surface area contributed by atoms with Crippen LogP contribution in [0.5, 0.6) is 5.75 Å². The molecule has 0 atom stereocenters. The molecule has 0 N–H and O–H groups in total. The SMILES string of the molecule is CN(C)C(=O)Oc1ccc(CCl)cc1. The maximum Gasteiger partial charge on any atom is 0.414 e. The Hall–Kier alpha value is -1.22.